The summed E-state index contributed by atoms with van der Waals surface area (Å²) in [5, 5.41) is 2.79. The third-order valence-electron chi connectivity index (χ3n) is 2.26. The second-order valence-electron chi connectivity index (χ2n) is 3.48. The highest BCUT2D eigenvalue weighted by Crippen LogP contribution is 2.24. The predicted molar refractivity (Wildman–Crippen MR) is 72.6 cm³/mol. The number of aromatic nitrogens is 2. The molecule has 1 aromatic heterocycles. The fourth-order valence-electron chi connectivity index (χ4n) is 1.39. The lowest BCUT2D eigenvalue weighted by Crippen LogP contribution is -2.14. The standard InChI is InChI=1S/C12H12N4OS/c1-18-10-5-3-2-4-8(10)16-12(17)9-6-15-11(13)7-14-9/h2-7H,1H3,(H2,13,15)(H,16,17). The number of amides is 1. The Kier molecular flexibility index (Phi) is 3.78. The van der Waals surface area contributed by atoms with Crippen LogP contribution in [0.2, 0.25) is 0 Å². The number of carbonyl (C=O) groups is 1. The molecule has 1 amide bonds. The first kappa shape index (κ1) is 12.4. The molecular formula is C12H12N4OS. The summed E-state index contributed by atoms with van der Waals surface area (Å²) >= 11 is 1.56. The number of nitrogens with two attached hydrogens (primary N) is 1. The van der Waals surface area contributed by atoms with Gasteiger partial charge in [-0.05, 0) is 18.4 Å². The molecule has 1 heterocycles. The fraction of sp³-hybridized carbons (Fsp3) is 0.0833. The Morgan fingerprint density at radius 2 is 2.06 bits per heavy atom. The zero-order valence-electron chi connectivity index (χ0n) is 9.75. The quantitative estimate of drug-likeness (QED) is 0.825. The minimum absolute atomic E-state index is 0.236. The highest BCUT2D eigenvalue weighted by molar-refractivity contribution is 7.98. The number of nitrogens with zero attached hydrogens (tertiary/aromatic N) is 2. The first-order valence-corrected chi connectivity index (χ1v) is 6.45. The Labute approximate surface area is 109 Å². The Bertz CT molecular complexity index is 556. The van der Waals surface area contributed by atoms with Crippen molar-refractivity contribution >= 4 is 29.2 Å². The van der Waals surface area contributed by atoms with Gasteiger partial charge in [-0.25, -0.2) is 9.97 Å². The van der Waals surface area contributed by atoms with Gasteiger partial charge in [0.2, 0.25) is 0 Å². The van der Waals surface area contributed by atoms with Gasteiger partial charge in [0.25, 0.3) is 5.91 Å². The summed E-state index contributed by atoms with van der Waals surface area (Å²) in [4.78, 5) is 20.7. The lowest BCUT2D eigenvalue weighted by atomic mass is 10.3. The first-order valence-electron chi connectivity index (χ1n) is 5.22. The molecule has 2 rings (SSSR count). The van der Waals surface area contributed by atoms with Crippen molar-refractivity contribution in [2.45, 2.75) is 4.90 Å². The summed E-state index contributed by atoms with van der Waals surface area (Å²) in [7, 11) is 0. The molecule has 6 heteroatoms. The van der Waals surface area contributed by atoms with Crippen LogP contribution < -0.4 is 11.1 Å². The van der Waals surface area contributed by atoms with E-state index >= 15 is 0 Å². The second-order valence-corrected chi connectivity index (χ2v) is 4.33. The van der Waals surface area contributed by atoms with Crippen LogP contribution in [0.4, 0.5) is 11.5 Å². The van der Waals surface area contributed by atoms with Crippen LogP contribution in [-0.4, -0.2) is 22.1 Å². The third kappa shape index (κ3) is 2.78. The van der Waals surface area contributed by atoms with Crippen molar-refractivity contribution < 1.29 is 4.79 Å². The van der Waals surface area contributed by atoms with Gasteiger partial charge in [0, 0.05) is 4.90 Å². The van der Waals surface area contributed by atoms with Gasteiger partial charge in [0.15, 0.2) is 0 Å². The number of thioether (sulfide) groups is 1. The molecule has 3 N–H and O–H groups in total. The van der Waals surface area contributed by atoms with E-state index in [9.17, 15) is 4.79 Å². The average Bonchev–Trinajstić information content (AvgIpc) is 2.40. The molecule has 1 aromatic carbocycles. The molecule has 0 spiro atoms. The molecule has 0 aliphatic heterocycles. The summed E-state index contributed by atoms with van der Waals surface area (Å²) in [5.74, 6) is -0.0138. The van der Waals surface area contributed by atoms with Crippen LogP contribution in [0.1, 0.15) is 10.5 Å². The van der Waals surface area contributed by atoms with Crippen molar-refractivity contribution in [3.8, 4) is 0 Å². The Morgan fingerprint density at radius 3 is 2.72 bits per heavy atom. The number of nitrogens with one attached hydrogen (secondary N) is 1. The molecule has 0 unspecified atom stereocenters. The number of rotatable bonds is 3. The molecule has 0 fully saturated rings. The van der Waals surface area contributed by atoms with Gasteiger partial charge in [0.1, 0.15) is 11.5 Å². The molecule has 5 nitrogen and oxygen atoms in total. The molecule has 18 heavy (non-hydrogen) atoms. The molecule has 0 saturated heterocycles. The van der Waals surface area contributed by atoms with Gasteiger partial charge < -0.3 is 11.1 Å². The minimum atomic E-state index is -0.302. The first-order chi connectivity index (χ1) is 8.70. The molecule has 0 atom stereocenters. The number of hydrogen-bond acceptors (Lipinski definition) is 5. The van der Waals surface area contributed by atoms with Crippen LogP contribution in [0.5, 0.6) is 0 Å². The maximum absolute atomic E-state index is 11.9. The Balaban J connectivity index is 2.18. The van der Waals surface area contributed by atoms with Crippen LogP contribution in [0, 0.1) is 0 Å². The lowest BCUT2D eigenvalue weighted by Gasteiger charge is -2.08. The van der Waals surface area contributed by atoms with Crippen molar-refractivity contribution in [1.82, 2.24) is 9.97 Å². The van der Waals surface area contributed by atoms with Gasteiger partial charge in [0.05, 0.1) is 18.1 Å². The lowest BCUT2D eigenvalue weighted by molar-refractivity contribution is 0.102. The smallest absolute Gasteiger partial charge is 0.275 e. The Hall–Kier alpha value is -2.08. The largest absolute Gasteiger partial charge is 0.382 e. The monoisotopic (exact) mass is 260 g/mol. The van der Waals surface area contributed by atoms with E-state index in [2.05, 4.69) is 15.3 Å². The van der Waals surface area contributed by atoms with Gasteiger partial charge >= 0.3 is 0 Å². The van der Waals surface area contributed by atoms with E-state index in [-0.39, 0.29) is 17.4 Å². The van der Waals surface area contributed by atoms with E-state index in [1.807, 2.05) is 30.5 Å². The minimum Gasteiger partial charge on any atom is -0.382 e. The van der Waals surface area contributed by atoms with Gasteiger partial charge in [-0.15, -0.1) is 11.8 Å². The normalized spacial score (nSPS) is 10.1. The number of para-hydroxylation sites is 1. The van der Waals surface area contributed by atoms with E-state index in [0.29, 0.717) is 0 Å². The number of benzene rings is 1. The van der Waals surface area contributed by atoms with Gasteiger partial charge in [-0.3, -0.25) is 4.79 Å². The average molecular weight is 260 g/mol. The van der Waals surface area contributed by atoms with E-state index in [0.717, 1.165) is 10.6 Å². The molecule has 0 saturated carbocycles. The van der Waals surface area contributed by atoms with Crippen molar-refractivity contribution in [1.29, 1.82) is 0 Å². The summed E-state index contributed by atoms with van der Waals surface area (Å²) < 4.78 is 0. The maximum Gasteiger partial charge on any atom is 0.275 e. The maximum atomic E-state index is 11.9. The van der Waals surface area contributed by atoms with Crippen LogP contribution >= 0.6 is 11.8 Å². The molecule has 0 aliphatic carbocycles. The van der Waals surface area contributed by atoms with Crippen LogP contribution in [0.3, 0.4) is 0 Å². The number of hydrogen-bond donors (Lipinski definition) is 2. The molecule has 0 bridgehead atoms. The highest BCUT2D eigenvalue weighted by atomic mass is 32.2. The van der Waals surface area contributed by atoms with Gasteiger partial charge in [-0.1, -0.05) is 12.1 Å². The molecular weight excluding hydrogens is 248 g/mol. The molecule has 2 aromatic rings. The van der Waals surface area contributed by atoms with Crippen LogP contribution in [0.25, 0.3) is 0 Å². The number of carbonyl (C=O) groups excluding carboxylic acids is 1. The van der Waals surface area contributed by atoms with Crippen molar-refractivity contribution in [2.24, 2.45) is 0 Å². The van der Waals surface area contributed by atoms with Crippen LogP contribution in [0.15, 0.2) is 41.6 Å². The van der Waals surface area contributed by atoms with Crippen LogP contribution in [-0.2, 0) is 0 Å². The SMILES string of the molecule is CSc1ccccc1NC(=O)c1cnc(N)cn1. The fourth-order valence-corrected chi connectivity index (χ4v) is 1.94. The van der Waals surface area contributed by atoms with E-state index < -0.39 is 0 Å². The van der Waals surface area contributed by atoms with Crippen molar-refractivity contribution in [3.05, 3.63) is 42.4 Å². The van der Waals surface area contributed by atoms with E-state index in [1.54, 1.807) is 11.8 Å². The summed E-state index contributed by atoms with van der Waals surface area (Å²) in [5.41, 5.74) is 6.41. The third-order valence-corrected chi connectivity index (χ3v) is 3.06. The molecule has 0 aliphatic rings. The van der Waals surface area contributed by atoms with E-state index in [1.165, 1.54) is 12.4 Å². The van der Waals surface area contributed by atoms with Gasteiger partial charge in [-0.2, -0.15) is 0 Å². The molecule has 0 radical (unpaired) electrons. The highest BCUT2D eigenvalue weighted by Gasteiger charge is 2.09. The van der Waals surface area contributed by atoms with E-state index in [4.69, 9.17) is 5.73 Å². The second kappa shape index (κ2) is 5.50. The number of anilines is 2. The zero-order chi connectivity index (χ0) is 13.0. The summed E-state index contributed by atoms with van der Waals surface area (Å²) in [6.45, 7) is 0. The molecule has 92 valence electrons. The van der Waals surface area contributed by atoms with Crippen molar-refractivity contribution in [3.63, 3.8) is 0 Å². The summed E-state index contributed by atoms with van der Waals surface area (Å²) in [6.07, 6.45) is 4.66. The topological polar surface area (TPSA) is 80.9 Å². The summed E-state index contributed by atoms with van der Waals surface area (Å²) in [6, 6.07) is 7.57. The predicted octanol–water partition coefficient (Wildman–Crippen LogP) is 2.03. The Morgan fingerprint density at radius 1 is 1.28 bits per heavy atom. The zero-order valence-corrected chi connectivity index (χ0v) is 10.6. The van der Waals surface area contributed by atoms with Crippen molar-refractivity contribution in [2.75, 3.05) is 17.3 Å². The number of nitrogen functional groups attached to an aromatic ring is 1.